The number of carbonyl (C=O) groups is 2. The standard InChI is InChI=1S/C20H30N2O3/c1-20(2,3)25-19(24)21-17-12-10-16(11-13-17)18(23)22(4)14-15-8-6-5-7-9-15/h5-9,16-17H,10-14H2,1-4H3,(H,21,24). The molecular weight excluding hydrogens is 316 g/mol. The summed E-state index contributed by atoms with van der Waals surface area (Å²) in [6.45, 7) is 6.19. The topological polar surface area (TPSA) is 58.6 Å². The lowest BCUT2D eigenvalue weighted by Crippen LogP contribution is -2.43. The zero-order valence-electron chi connectivity index (χ0n) is 15.7. The summed E-state index contributed by atoms with van der Waals surface area (Å²) in [7, 11) is 1.86. The van der Waals surface area contributed by atoms with Gasteiger partial charge >= 0.3 is 6.09 Å². The second-order valence-corrected chi connectivity index (χ2v) is 7.87. The molecule has 0 spiro atoms. The van der Waals surface area contributed by atoms with E-state index in [-0.39, 0.29) is 24.0 Å². The maximum absolute atomic E-state index is 12.6. The van der Waals surface area contributed by atoms with Crippen LogP contribution in [0.15, 0.2) is 30.3 Å². The second-order valence-electron chi connectivity index (χ2n) is 7.87. The van der Waals surface area contributed by atoms with Crippen LogP contribution < -0.4 is 5.32 Å². The fourth-order valence-electron chi connectivity index (χ4n) is 3.21. The van der Waals surface area contributed by atoms with Crippen molar-refractivity contribution in [3.8, 4) is 0 Å². The Kier molecular flexibility index (Phi) is 6.45. The first-order valence-electron chi connectivity index (χ1n) is 9.03. The Balaban J connectivity index is 1.77. The summed E-state index contributed by atoms with van der Waals surface area (Å²) in [5.41, 5.74) is 0.649. The Hall–Kier alpha value is -2.04. The van der Waals surface area contributed by atoms with Gasteiger partial charge in [0.15, 0.2) is 0 Å². The van der Waals surface area contributed by atoms with E-state index in [1.165, 1.54) is 0 Å². The Morgan fingerprint density at radius 3 is 2.28 bits per heavy atom. The molecule has 5 nitrogen and oxygen atoms in total. The van der Waals surface area contributed by atoms with Gasteiger partial charge in [0, 0.05) is 25.6 Å². The van der Waals surface area contributed by atoms with Gasteiger partial charge in [0.05, 0.1) is 0 Å². The highest BCUT2D eigenvalue weighted by Gasteiger charge is 2.29. The van der Waals surface area contributed by atoms with E-state index in [2.05, 4.69) is 5.32 Å². The van der Waals surface area contributed by atoms with Gasteiger partial charge in [-0.15, -0.1) is 0 Å². The number of nitrogens with zero attached hydrogens (tertiary/aromatic N) is 1. The van der Waals surface area contributed by atoms with Crippen LogP contribution in [0.2, 0.25) is 0 Å². The van der Waals surface area contributed by atoms with Gasteiger partial charge in [-0.3, -0.25) is 4.79 Å². The molecule has 1 fully saturated rings. The quantitative estimate of drug-likeness (QED) is 0.904. The Bertz CT molecular complexity index is 572. The van der Waals surface area contributed by atoms with E-state index in [1.54, 1.807) is 0 Å². The van der Waals surface area contributed by atoms with Crippen molar-refractivity contribution in [1.29, 1.82) is 0 Å². The third-order valence-corrected chi connectivity index (χ3v) is 4.44. The Labute approximate surface area is 150 Å². The normalized spacial score (nSPS) is 20.6. The van der Waals surface area contributed by atoms with Crippen LogP contribution in [0, 0.1) is 5.92 Å². The summed E-state index contributed by atoms with van der Waals surface area (Å²) >= 11 is 0. The number of ether oxygens (including phenoxy) is 1. The van der Waals surface area contributed by atoms with Crippen molar-refractivity contribution in [1.82, 2.24) is 10.2 Å². The predicted octanol–water partition coefficient (Wildman–Crippen LogP) is 3.73. The molecule has 0 atom stereocenters. The fraction of sp³-hybridized carbons (Fsp3) is 0.600. The molecule has 1 N–H and O–H groups in total. The molecule has 0 heterocycles. The number of rotatable bonds is 4. The number of carbonyl (C=O) groups excluding carboxylic acids is 2. The van der Waals surface area contributed by atoms with E-state index in [9.17, 15) is 9.59 Å². The zero-order valence-corrected chi connectivity index (χ0v) is 15.7. The molecule has 138 valence electrons. The highest BCUT2D eigenvalue weighted by molar-refractivity contribution is 5.78. The third kappa shape index (κ3) is 6.40. The van der Waals surface area contributed by atoms with Crippen molar-refractivity contribution in [2.24, 2.45) is 5.92 Å². The second kappa shape index (κ2) is 8.37. The average Bonchev–Trinajstić information content (AvgIpc) is 2.54. The molecule has 25 heavy (non-hydrogen) atoms. The smallest absolute Gasteiger partial charge is 0.407 e. The van der Waals surface area contributed by atoms with E-state index in [0.29, 0.717) is 6.54 Å². The maximum Gasteiger partial charge on any atom is 0.407 e. The molecule has 1 aromatic rings. The van der Waals surface area contributed by atoms with Crippen molar-refractivity contribution < 1.29 is 14.3 Å². The molecule has 0 aromatic heterocycles. The van der Waals surface area contributed by atoms with Crippen LogP contribution in [0.25, 0.3) is 0 Å². The molecule has 1 aromatic carbocycles. The zero-order chi connectivity index (χ0) is 18.4. The largest absolute Gasteiger partial charge is 0.444 e. The maximum atomic E-state index is 12.6. The van der Waals surface area contributed by atoms with Crippen molar-refractivity contribution >= 4 is 12.0 Å². The summed E-state index contributed by atoms with van der Waals surface area (Å²) < 4.78 is 5.29. The summed E-state index contributed by atoms with van der Waals surface area (Å²) in [5.74, 6) is 0.241. The summed E-state index contributed by atoms with van der Waals surface area (Å²) in [4.78, 5) is 26.3. The highest BCUT2D eigenvalue weighted by Crippen LogP contribution is 2.26. The van der Waals surface area contributed by atoms with Crippen LogP contribution in [0.1, 0.15) is 52.0 Å². The predicted molar refractivity (Wildman–Crippen MR) is 98.0 cm³/mol. The number of hydrogen-bond donors (Lipinski definition) is 1. The van der Waals surface area contributed by atoms with Crippen LogP contribution >= 0.6 is 0 Å². The van der Waals surface area contributed by atoms with Crippen molar-refractivity contribution in [3.63, 3.8) is 0 Å². The van der Waals surface area contributed by atoms with E-state index in [1.807, 2.05) is 63.1 Å². The lowest BCUT2D eigenvalue weighted by atomic mass is 9.85. The van der Waals surface area contributed by atoms with Gasteiger partial charge in [0.25, 0.3) is 0 Å². The molecule has 1 saturated carbocycles. The molecule has 1 aliphatic carbocycles. The SMILES string of the molecule is CN(Cc1ccccc1)C(=O)C1CCC(NC(=O)OC(C)(C)C)CC1. The third-order valence-electron chi connectivity index (χ3n) is 4.44. The lowest BCUT2D eigenvalue weighted by molar-refractivity contribution is -0.135. The molecule has 0 bridgehead atoms. The summed E-state index contributed by atoms with van der Waals surface area (Å²) in [6, 6.07) is 10.1. The Morgan fingerprint density at radius 1 is 1.12 bits per heavy atom. The molecule has 0 saturated heterocycles. The Morgan fingerprint density at radius 2 is 1.72 bits per heavy atom. The number of nitrogens with one attached hydrogen (secondary N) is 1. The van der Waals surface area contributed by atoms with E-state index in [0.717, 1.165) is 31.2 Å². The van der Waals surface area contributed by atoms with E-state index < -0.39 is 5.60 Å². The van der Waals surface area contributed by atoms with E-state index in [4.69, 9.17) is 4.74 Å². The number of alkyl carbamates (subject to hydrolysis) is 1. The van der Waals surface area contributed by atoms with Crippen molar-refractivity contribution in [2.75, 3.05) is 7.05 Å². The van der Waals surface area contributed by atoms with Crippen LogP contribution in [0.3, 0.4) is 0 Å². The minimum absolute atomic E-state index is 0.0467. The number of hydrogen-bond acceptors (Lipinski definition) is 3. The van der Waals surface area contributed by atoms with Gasteiger partial charge in [-0.25, -0.2) is 4.79 Å². The lowest BCUT2D eigenvalue weighted by Gasteiger charge is -2.31. The molecular formula is C20H30N2O3. The molecule has 2 rings (SSSR count). The van der Waals surface area contributed by atoms with Gasteiger partial charge in [0.2, 0.25) is 5.91 Å². The monoisotopic (exact) mass is 346 g/mol. The number of amides is 2. The van der Waals surface area contributed by atoms with Crippen molar-refractivity contribution in [2.45, 2.75) is 64.6 Å². The minimum Gasteiger partial charge on any atom is -0.444 e. The molecule has 0 radical (unpaired) electrons. The molecule has 2 amide bonds. The highest BCUT2D eigenvalue weighted by atomic mass is 16.6. The van der Waals surface area contributed by atoms with Crippen LogP contribution in [-0.2, 0) is 16.1 Å². The fourth-order valence-corrected chi connectivity index (χ4v) is 3.21. The van der Waals surface area contributed by atoms with Gasteiger partial charge < -0.3 is 15.0 Å². The van der Waals surface area contributed by atoms with Gasteiger partial charge in [-0.2, -0.15) is 0 Å². The molecule has 0 aliphatic heterocycles. The van der Waals surface area contributed by atoms with Gasteiger partial charge in [-0.1, -0.05) is 30.3 Å². The first-order chi connectivity index (χ1) is 11.7. The summed E-state index contributed by atoms with van der Waals surface area (Å²) in [6.07, 6.45) is 2.86. The first-order valence-corrected chi connectivity index (χ1v) is 9.03. The molecule has 0 unspecified atom stereocenters. The number of benzene rings is 1. The van der Waals surface area contributed by atoms with Crippen LogP contribution in [0.5, 0.6) is 0 Å². The van der Waals surface area contributed by atoms with Gasteiger partial charge in [0.1, 0.15) is 5.60 Å². The van der Waals surface area contributed by atoms with Crippen LogP contribution in [-0.4, -0.2) is 35.6 Å². The molecule has 1 aliphatic rings. The van der Waals surface area contributed by atoms with Crippen molar-refractivity contribution in [3.05, 3.63) is 35.9 Å². The van der Waals surface area contributed by atoms with Crippen LogP contribution in [0.4, 0.5) is 4.79 Å². The first kappa shape index (κ1) is 19.3. The minimum atomic E-state index is -0.489. The molecule has 5 heteroatoms. The van der Waals surface area contributed by atoms with E-state index >= 15 is 0 Å². The van der Waals surface area contributed by atoms with Gasteiger partial charge in [-0.05, 0) is 52.0 Å². The summed E-state index contributed by atoms with van der Waals surface area (Å²) in [5, 5.41) is 2.92. The average molecular weight is 346 g/mol.